The first-order valence-electron chi connectivity index (χ1n) is 5.39. The van der Waals surface area contributed by atoms with Gasteiger partial charge in [-0.2, -0.15) is 5.06 Å². The number of rotatable bonds is 4. The first-order chi connectivity index (χ1) is 8.45. The van der Waals surface area contributed by atoms with Gasteiger partial charge in [0.2, 0.25) is 0 Å². The van der Waals surface area contributed by atoms with Crippen LogP contribution in [0.25, 0.3) is 0 Å². The van der Waals surface area contributed by atoms with Crippen LogP contribution in [0.3, 0.4) is 0 Å². The Morgan fingerprint density at radius 1 is 1.61 bits per heavy atom. The van der Waals surface area contributed by atoms with Crippen molar-refractivity contribution < 1.29 is 19.7 Å². The molecular formula is C11H14N2O5. The fourth-order valence-corrected chi connectivity index (χ4v) is 1.15. The molecule has 0 spiro atoms. The number of benzene rings is 1. The zero-order valence-electron chi connectivity index (χ0n) is 10.1. The summed E-state index contributed by atoms with van der Waals surface area (Å²) in [6.45, 7) is 3.51. The molecule has 0 aliphatic rings. The Labute approximate surface area is 104 Å². The van der Waals surface area contributed by atoms with E-state index in [2.05, 4.69) is 0 Å². The predicted octanol–water partition coefficient (Wildman–Crippen LogP) is 2.73. The van der Waals surface area contributed by atoms with Gasteiger partial charge < -0.3 is 4.74 Å². The second kappa shape index (κ2) is 5.97. The van der Waals surface area contributed by atoms with Crippen LogP contribution in [0.15, 0.2) is 24.3 Å². The van der Waals surface area contributed by atoms with E-state index in [1.807, 2.05) is 6.92 Å². The van der Waals surface area contributed by atoms with Crippen LogP contribution in [-0.2, 0) is 4.74 Å². The summed E-state index contributed by atoms with van der Waals surface area (Å²) >= 11 is 0. The highest BCUT2D eigenvalue weighted by Gasteiger charge is 2.19. The van der Waals surface area contributed by atoms with E-state index >= 15 is 0 Å². The van der Waals surface area contributed by atoms with Crippen molar-refractivity contribution in [1.29, 1.82) is 0 Å². The molecule has 0 saturated carbocycles. The maximum atomic E-state index is 11.5. The molecule has 0 bridgehead atoms. The first-order valence-corrected chi connectivity index (χ1v) is 5.39. The van der Waals surface area contributed by atoms with Gasteiger partial charge in [0.1, 0.15) is 6.10 Å². The number of ether oxygens (including phenoxy) is 1. The summed E-state index contributed by atoms with van der Waals surface area (Å²) in [5, 5.41) is 20.4. The molecule has 1 atom stereocenters. The van der Waals surface area contributed by atoms with Gasteiger partial charge in [0.25, 0.3) is 5.69 Å². The van der Waals surface area contributed by atoms with Gasteiger partial charge in [0, 0.05) is 12.1 Å². The molecule has 1 amide bonds. The maximum Gasteiger partial charge on any atom is 0.438 e. The van der Waals surface area contributed by atoms with Gasteiger partial charge in [-0.3, -0.25) is 15.3 Å². The number of carbonyl (C=O) groups excluding carboxylic acids is 1. The number of non-ortho nitro benzene ring substituents is 1. The molecule has 7 nitrogen and oxygen atoms in total. The summed E-state index contributed by atoms with van der Waals surface area (Å²) < 4.78 is 4.88. The van der Waals surface area contributed by atoms with Crippen LogP contribution < -0.4 is 5.06 Å². The van der Waals surface area contributed by atoms with Gasteiger partial charge in [0.05, 0.1) is 10.6 Å². The smallest absolute Gasteiger partial charge is 0.438 e. The van der Waals surface area contributed by atoms with E-state index in [4.69, 9.17) is 4.74 Å². The zero-order chi connectivity index (χ0) is 13.7. The number of hydroxylamine groups is 1. The van der Waals surface area contributed by atoms with Crippen molar-refractivity contribution in [1.82, 2.24) is 0 Å². The van der Waals surface area contributed by atoms with Gasteiger partial charge in [-0.05, 0) is 19.4 Å². The fourth-order valence-electron chi connectivity index (χ4n) is 1.15. The summed E-state index contributed by atoms with van der Waals surface area (Å²) in [7, 11) is 0. The summed E-state index contributed by atoms with van der Waals surface area (Å²) in [5.41, 5.74) is -0.236. The van der Waals surface area contributed by atoms with E-state index in [1.54, 1.807) is 6.92 Å². The predicted molar refractivity (Wildman–Crippen MR) is 63.6 cm³/mol. The lowest BCUT2D eigenvalue weighted by molar-refractivity contribution is -0.384. The van der Waals surface area contributed by atoms with Crippen molar-refractivity contribution in [3.8, 4) is 0 Å². The van der Waals surface area contributed by atoms with E-state index in [0.29, 0.717) is 6.42 Å². The van der Waals surface area contributed by atoms with E-state index in [0.717, 1.165) is 6.07 Å². The third-order valence-electron chi connectivity index (χ3n) is 2.33. The van der Waals surface area contributed by atoms with E-state index in [1.165, 1.54) is 18.2 Å². The number of nitrogens with zero attached hydrogens (tertiary/aromatic N) is 2. The van der Waals surface area contributed by atoms with Crippen molar-refractivity contribution >= 4 is 17.5 Å². The van der Waals surface area contributed by atoms with E-state index < -0.39 is 11.0 Å². The van der Waals surface area contributed by atoms with Gasteiger partial charge in [-0.15, -0.1) is 0 Å². The minimum Gasteiger partial charge on any atom is -0.445 e. The number of nitro benzene ring substituents is 1. The van der Waals surface area contributed by atoms with Crippen molar-refractivity contribution in [2.45, 2.75) is 26.4 Å². The second-order valence-corrected chi connectivity index (χ2v) is 3.69. The molecule has 0 aliphatic carbocycles. The monoisotopic (exact) mass is 254 g/mol. The van der Waals surface area contributed by atoms with E-state index in [9.17, 15) is 20.1 Å². The highest BCUT2D eigenvalue weighted by atomic mass is 16.6. The highest BCUT2D eigenvalue weighted by molar-refractivity contribution is 5.85. The average molecular weight is 254 g/mol. The van der Waals surface area contributed by atoms with Crippen LogP contribution in [-0.4, -0.2) is 22.3 Å². The topological polar surface area (TPSA) is 92.9 Å². The number of carbonyl (C=O) groups is 1. The maximum absolute atomic E-state index is 11.5. The van der Waals surface area contributed by atoms with Gasteiger partial charge in [0.15, 0.2) is 0 Å². The summed E-state index contributed by atoms with van der Waals surface area (Å²) in [6.07, 6.45) is -0.704. The molecule has 0 aliphatic heterocycles. The first kappa shape index (κ1) is 13.9. The van der Waals surface area contributed by atoms with Crippen LogP contribution in [0, 0.1) is 10.1 Å². The Bertz CT molecular complexity index is 449. The molecule has 0 heterocycles. The quantitative estimate of drug-likeness (QED) is 0.506. The highest BCUT2D eigenvalue weighted by Crippen LogP contribution is 2.20. The number of anilines is 1. The van der Waals surface area contributed by atoms with E-state index in [-0.39, 0.29) is 22.5 Å². The number of hydrogen-bond donors (Lipinski definition) is 1. The lowest BCUT2D eigenvalue weighted by Crippen LogP contribution is -2.30. The standard InChI is InChI=1S/C11H14N2O5/c1-3-8(2)18-11(14)12(15)9-5-4-6-10(7-9)13(16)17/h4-8,15H,3H2,1-2H3. The van der Waals surface area contributed by atoms with Crippen LogP contribution in [0.4, 0.5) is 16.2 Å². The van der Waals surface area contributed by atoms with Gasteiger partial charge >= 0.3 is 6.09 Å². The van der Waals surface area contributed by atoms with Crippen LogP contribution >= 0.6 is 0 Å². The SMILES string of the molecule is CCC(C)OC(=O)N(O)c1cccc([N+](=O)[O-])c1. The number of nitro groups is 1. The Morgan fingerprint density at radius 2 is 2.28 bits per heavy atom. The molecule has 7 heteroatoms. The largest absolute Gasteiger partial charge is 0.445 e. The Morgan fingerprint density at radius 3 is 2.83 bits per heavy atom. The number of hydrogen-bond acceptors (Lipinski definition) is 5. The Kier molecular flexibility index (Phi) is 4.61. The molecule has 1 N–H and O–H groups in total. The van der Waals surface area contributed by atoms with Crippen molar-refractivity contribution in [2.75, 3.05) is 5.06 Å². The normalized spacial score (nSPS) is 11.7. The molecule has 1 aromatic rings. The van der Waals surface area contributed by atoms with Crippen molar-refractivity contribution in [2.24, 2.45) is 0 Å². The molecule has 0 aromatic heterocycles. The molecule has 1 unspecified atom stereocenters. The molecule has 0 fully saturated rings. The van der Waals surface area contributed by atoms with Crippen molar-refractivity contribution in [3.05, 3.63) is 34.4 Å². The van der Waals surface area contributed by atoms with Gasteiger partial charge in [-0.25, -0.2) is 4.79 Å². The summed E-state index contributed by atoms with van der Waals surface area (Å²) in [6, 6.07) is 5.08. The molecule has 0 radical (unpaired) electrons. The molecular weight excluding hydrogens is 240 g/mol. The van der Waals surface area contributed by atoms with Crippen LogP contribution in [0.2, 0.25) is 0 Å². The Balaban J connectivity index is 2.83. The lowest BCUT2D eigenvalue weighted by atomic mass is 10.3. The molecule has 18 heavy (non-hydrogen) atoms. The van der Waals surface area contributed by atoms with Crippen molar-refractivity contribution in [3.63, 3.8) is 0 Å². The number of amides is 1. The second-order valence-electron chi connectivity index (χ2n) is 3.69. The lowest BCUT2D eigenvalue weighted by Gasteiger charge is -2.17. The molecule has 1 aromatic carbocycles. The minimum atomic E-state index is -0.968. The zero-order valence-corrected chi connectivity index (χ0v) is 10.1. The molecule has 0 saturated heterocycles. The Hall–Kier alpha value is -2.15. The summed E-state index contributed by atoms with van der Waals surface area (Å²) in [4.78, 5) is 21.4. The average Bonchev–Trinajstić information content (AvgIpc) is 2.37. The minimum absolute atomic E-state index is 0.0162. The third-order valence-corrected chi connectivity index (χ3v) is 2.33. The third kappa shape index (κ3) is 3.42. The van der Waals surface area contributed by atoms with Crippen LogP contribution in [0.1, 0.15) is 20.3 Å². The molecule has 1 rings (SSSR count). The fraction of sp³-hybridized carbons (Fsp3) is 0.364. The van der Waals surface area contributed by atoms with Crippen LogP contribution in [0.5, 0.6) is 0 Å². The summed E-state index contributed by atoms with van der Waals surface area (Å²) in [5.74, 6) is 0. The molecule has 98 valence electrons. The van der Waals surface area contributed by atoms with Gasteiger partial charge in [-0.1, -0.05) is 13.0 Å².